The fraction of sp³-hybridized carbons (Fsp3) is 0.385. The Morgan fingerprint density at radius 2 is 2.09 bits per heavy atom. The van der Waals surface area contributed by atoms with E-state index < -0.39 is 0 Å². The van der Waals surface area contributed by atoms with Crippen molar-refractivity contribution in [3.8, 4) is 5.75 Å². The molecule has 180 valence electrons. The van der Waals surface area contributed by atoms with Gasteiger partial charge in [0.1, 0.15) is 5.75 Å². The van der Waals surface area contributed by atoms with Crippen LogP contribution in [0.1, 0.15) is 32.3 Å². The lowest BCUT2D eigenvalue weighted by atomic mass is 10.1. The first-order valence-corrected chi connectivity index (χ1v) is 12.2. The molecule has 1 aliphatic heterocycles. The molecule has 0 saturated carbocycles. The van der Waals surface area contributed by atoms with E-state index in [1.165, 1.54) is 0 Å². The van der Waals surface area contributed by atoms with Gasteiger partial charge in [0, 0.05) is 39.8 Å². The second kappa shape index (κ2) is 10.9. The molecule has 34 heavy (non-hydrogen) atoms. The number of urea groups is 1. The van der Waals surface area contributed by atoms with Crippen LogP contribution < -0.4 is 15.6 Å². The predicted octanol–water partition coefficient (Wildman–Crippen LogP) is 5.10. The summed E-state index contributed by atoms with van der Waals surface area (Å²) in [5.41, 5.74) is 1.69. The third kappa shape index (κ3) is 5.72. The number of fused-ring (bicyclic) bond motifs is 1. The second-order valence-corrected chi connectivity index (χ2v) is 8.99. The van der Waals surface area contributed by atoms with Crippen LogP contribution in [-0.2, 0) is 6.54 Å². The number of aromatic nitrogens is 1. The summed E-state index contributed by atoms with van der Waals surface area (Å²) in [6, 6.07) is 14.5. The van der Waals surface area contributed by atoms with Gasteiger partial charge in [-0.25, -0.2) is 4.79 Å². The highest BCUT2D eigenvalue weighted by atomic mass is 35.5. The van der Waals surface area contributed by atoms with E-state index in [-0.39, 0.29) is 24.2 Å². The van der Waals surface area contributed by atoms with Crippen LogP contribution >= 0.6 is 11.6 Å². The van der Waals surface area contributed by atoms with Crippen molar-refractivity contribution in [2.75, 3.05) is 31.6 Å². The summed E-state index contributed by atoms with van der Waals surface area (Å²) < 4.78 is 5.61. The van der Waals surface area contributed by atoms with Gasteiger partial charge in [-0.15, -0.1) is 0 Å². The molecule has 8 heteroatoms. The number of benzene rings is 2. The zero-order valence-corrected chi connectivity index (χ0v) is 20.4. The number of likely N-dealkylation sites (N-methyl/N-ethyl adjacent to an activating group) is 1. The molecule has 1 fully saturated rings. The summed E-state index contributed by atoms with van der Waals surface area (Å²) >= 11 is 6.10. The number of nitrogens with one attached hydrogen (secondary N) is 2. The Balaban J connectivity index is 1.62. The highest BCUT2D eigenvalue weighted by molar-refractivity contribution is 6.30. The van der Waals surface area contributed by atoms with E-state index in [0.29, 0.717) is 29.4 Å². The average molecular weight is 483 g/mol. The first-order chi connectivity index (χ1) is 16.5. The summed E-state index contributed by atoms with van der Waals surface area (Å²) in [5, 5.41) is 4.36. The van der Waals surface area contributed by atoms with Gasteiger partial charge in [0.05, 0.1) is 13.2 Å². The minimum atomic E-state index is -0.257. The Morgan fingerprint density at radius 3 is 2.85 bits per heavy atom. The predicted molar refractivity (Wildman–Crippen MR) is 137 cm³/mol. The Labute approximate surface area is 204 Å². The number of anilines is 1. The second-order valence-electron chi connectivity index (χ2n) is 8.55. The molecule has 1 saturated heterocycles. The number of carbonyl (C=O) groups is 1. The minimum Gasteiger partial charge on any atom is -0.494 e. The molecule has 0 spiro atoms. The third-order valence-electron chi connectivity index (χ3n) is 6.26. The van der Waals surface area contributed by atoms with Crippen molar-refractivity contribution < 1.29 is 9.53 Å². The molecule has 2 amide bonds. The number of ether oxygens (including phenoxy) is 1. The summed E-state index contributed by atoms with van der Waals surface area (Å²) in [5.74, 6) is 0.744. The molecular formula is C26H31ClN4O3. The van der Waals surface area contributed by atoms with Crippen LogP contribution in [0.4, 0.5) is 10.5 Å². The Kier molecular flexibility index (Phi) is 7.75. The van der Waals surface area contributed by atoms with Gasteiger partial charge in [-0.3, -0.25) is 9.69 Å². The van der Waals surface area contributed by atoms with Crippen molar-refractivity contribution in [2.24, 2.45) is 0 Å². The number of amides is 2. The fourth-order valence-corrected chi connectivity index (χ4v) is 4.76. The third-order valence-corrected chi connectivity index (χ3v) is 6.50. The molecule has 4 rings (SSSR count). The molecule has 2 aromatic carbocycles. The normalized spacial score (nSPS) is 16.0. The number of hydrogen-bond donors (Lipinski definition) is 2. The lowest BCUT2D eigenvalue weighted by Gasteiger charge is -2.30. The van der Waals surface area contributed by atoms with Gasteiger partial charge in [0.25, 0.3) is 5.56 Å². The van der Waals surface area contributed by atoms with Crippen LogP contribution in [-0.4, -0.2) is 53.1 Å². The van der Waals surface area contributed by atoms with Gasteiger partial charge in [-0.1, -0.05) is 24.6 Å². The Bertz CT molecular complexity index is 1210. The van der Waals surface area contributed by atoms with Crippen molar-refractivity contribution in [1.82, 2.24) is 14.8 Å². The maximum Gasteiger partial charge on any atom is 0.322 e. The van der Waals surface area contributed by atoms with Crippen LogP contribution in [0.3, 0.4) is 0 Å². The van der Waals surface area contributed by atoms with Crippen LogP contribution in [0.15, 0.2) is 53.3 Å². The van der Waals surface area contributed by atoms with E-state index in [1.54, 1.807) is 29.2 Å². The first-order valence-electron chi connectivity index (χ1n) is 11.8. The number of nitrogens with zero attached hydrogens (tertiary/aromatic N) is 2. The molecule has 2 N–H and O–H groups in total. The number of halogens is 1. The van der Waals surface area contributed by atoms with Gasteiger partial charge in [-0.2, -0.15) is 0 Å². The molecule has 0 radical (unpaired) electrons. The van der Waals surface area contributed by atoms with Crippen molar-refractivity contribution in [2.45, 2.75) is 39.3 Å². The Morgan fingerprint density at radius 1 is 1.24 bits per heavy atom. The molecule has 1 aliphatic rings. The monoisotopic (exact) mass is 482 g/mol. The summed E-state index contributed by atoms with van der Waals surface area (Å²) in [4.78, 5) is 33.3. The zero-order valence-electron chi connectivity index (χ0n) is 19.6. The van der Waals surface area contributed by atoms with E-state index >= 15 is 0 Å². The van der Waals surface area contributed by atoms with Gasteiger partial charge in [0.15, 0.2) is 0 Å². The SMILES string of the molecule is CCOc1ccc2[nH]c(=O)c(CN(C[C@H]3CCCN3CC)C(=O)Nc3cccc(Cl)c3)cc2c1. The Hall–Kier alpha value is -3.03. The number of H-pyrrole nitrogens is 1. The maximum absolute atomic E-state index is 13.3. The molecule has 7 nitrogen and oxygen atoms in total. The molecule has 0 unspecified atom stereocenters. The summed E-state index contributed by atoms with van der Waals surface area (Å²) in [6.07, 6.45) is 2.14. The van der Waals surface area contributed by atoms with Crippen molar-refractivity contribution in [1.29, 1.82) is 0 Å². The molecule has 1 aromatic heterocycles. The van der Waals surface area contributed by atoms with Crippen LogP contribution in [0, 0.1) is 0 Å². The smallest absolute Gasteiger partial charge is 0.322 e. The lowest BCUT2D eigenvalue weighted by molar-refractivity contribution is 0.174. The number of likely N-dealkylation sites (tertiary alicyclic amines) is 1. The van der Waals surface area contributed by atoms with E-state index in [2.05, 4.69) is 22.1 Å². The largest absolute Gasteiger partial charge is 0.494 e. The molecule has 1 atom stereocenters. The molecule has 2 heterocycles. The molecular weight excluding hydrogens is 452 g/mol. The lowest BCUT2D eigenvalue weighted by Crippen LogP contribution is -2.45. The van der Waals surface area contributed by atoms with E-state index in [1.807, 2.05) is 31.2 Å². The number of aromatic amines is 1. The number of hydrogen-bond acceptors (Lipinski definition) is 4. The zero-order chi connectivity index (χ0) is 24.1. The van der Waals surface area contributed by atoms with Gasteiger partial charge in [0.2, 0.25) is 0 Å². The van der Waals surface area contributed by atoms with E-state index in [0.717, 1.165) is 42.6 Å². The van der Waals surface area contributed by atoms with Crippen molar-refractivity contribution in [3.05, 3.63) is 69.5 Å². The van der Waals surface area contributed by atoms with Crippen molar-refractivity contribution >= 4 is 34.2 Å². The van der Waals surface area contributed by atoms with Gasteiger partial charge >= 0.3 is 6.03 Å². The van der Waals surface area contributed by atoms with Crippen LogP contribution in [0.25, 0.3) is 10.9 Å². The highest BCUT2D eigenvalue weighted by Gasteiger charge is 2.28. The topological polar surface area (TPSA) is 77.7 Å². The van der Waals surface area contributed by atoms with E-state index in [9.17, 15) is 9.59 Å². The molecule has 0 bridgehead atoms. The quantitative estimate of drug-likeness (QED) is 0.468. The first kappa shape index (κ1) is 24.1. The number of pyridine rings is 1. The number of rotatable bonds is 8. The summed E-state index contributed by atoms with van der Waals surface area (Å²) in [6.45, 7) is 7.34. The molecule has 3 aromatic rings. The molecule has 0 aliphatic carbocycles. The highest BCUT2D eigenvalue weighted by Crippen LogP contribution is 2.22. The fourth-order valence-electron chi connectivity index (χ4n) is 4.57. The van der Waals surface area contributed by atoms with Crippen molar-refractivity contribution in [3.63, 3.8) is 0 Å². The van der Waals surface area contributed by atoms with Crippen LogP contribution in [0.5, 0.6) is 5.75 Å². The number of carbonyl (C=O) groups excluding carboxylic acids is 1. The van der Waals surface area contributed by atoms with E-state index in [4.69, 9.17) is 16.3 Å². The average Bonchev–Trinajstić information content (AvgIpc) is 3.26. The minimum absolute atomic E-state index is 0.198. The maximum atomic E-state index is 13.3. The van der Waals surface area contributed by atoms with Gasteiger partial charge < -0.3 is 19.9 Å². The van der Waals surface area contributed by atoms with Crippen LogP contribution in [0.2, 0.25) is 5.02 Å². The van der Waals surface area contributed by atoms with Gasteiger partial charge in [-0.05, 0) is 75.3 Å². The summed E-state index contributed by atoms with van der Waals surface area (Å²) in [7, 11) is 0. The standard InChI is InChI=1S/C26H31ClN4O3/c1-3-30-12-6-9-22(30)17-31(26(33)28-21-8-5-7-20(27)15-21)16-19-13-18-14-23(34-4-2)10-11-24(18)29-25(19)32/h5,7-8,10-11,13-15,22H,3-4,6,9,12,16-17H2,1-2H3,(H,28,33)(H,29,32)/t22-/m1/s1.